The Hall–Kier alpha value is -3.91. The maximum Gasteiger partial charge on any atom is 0.277 e. The molecule has 4 aromatic rings. The number of carbonyl (C=O) groups excluding carboxylic acids is 2. The first-order chi connectivity index (χ1) is 28.1. The van der Waals surface area contributed by atoms with Crippen LogP contribution < -0.4 is 15.6 Å². The van der Waals surface area contributed by atoms with Crippen molar-refractivity contribution in [3.8, 4) is 0 Å². The van der Waals surface area contributed by atoms with Crippen LogP contribution >= 0.6 is 15.9 Å². The predicted octanol–water partition coefficient (Wildman–Crippen LogP) is -3.71. The van der Waals surface area contributed by atoms with Crippen molar-refractivity contribution < 1.29 is 65.2 Å². The number of hydrogen-bond donors (Lipinski definition) is 13. The summed E-state index contributed by atoms with van der Waals surface area (Å²) in [6, 6.07) is 4.91. The summed E-state index contributed by atoms with van der Waals surface area (Å²) in [5.41, 5.74) is 8.98. The average Bonchev–Trinajstić information content (AvgIpc) is 3.77. The highest BCUT2D eigenvalue weighted by Crippen LogP contribution is 2.25. The molecular weight excluding hydrogens is 842 g/mol. The fraction of sp³-hybridized carbons (Fsp3) is 0.595. The Labute approximate surface area is 347 Å². The number of hydrogen-bond acceptors (Lipinski definition) is 16. The van der Waals surface area contributed by atoms with E-state index in [1.54, 1.807) is 23.2 Å². The van der Waals surface area contributed by atoms with E-state index in [4.69, 9.17) is 5.73 Å². The summed E-state index contributed by atoms with van der Waals surface area (Å²) in [6.45, 7) is 3.01. The van der Waals surface area contributed by atoms with Gasteiger partial charge >= 0.3 is 0 Å². The van der Waals surface area contributed by atoms with Crippen LogP contribution in [0.3, 0.4) is 0 Å². The zero-order chi connectivity index (χ0) is 43.3. The standard InChI is InChI=1S/C37H54BrN9O12/c1-3-46-21-6-5-18(11-22(21)47(4-2)27(46)13-41-36(58)29-34(39)43-35-28(42-29)20(38)12-40-35)37(59)44-9-7-19(8-10-44)45(14-23(50)30(54)32(56)25(52)16-48)15-24(51)31(55)33(57)26(53)17-49/h5-6,11-12,19,23-26,30-33,48-57H,3-4,7-10,13-17H2,1-2H3,(H3-,39,40,41,42,43,58)/p+1. The van der Waals surface area contributed by atoms with Crippen molar-refractivity contribution in [3.05, 3.63) is 46.0 Å². The van der Waals surface area contributed by atoms with Gasteiger partial charge in [0.2, 0.25) is 0 Å². The van der Waals surface area contributed by atoms with E-state index in [0.29, 0.717) is 47.1 Å². The Morgan fingerprint density at radius 2 is 1.51 bits per heavy atom. The number of halogens is 1. The summed E-state index contributed by atoms with van der Waals surface area (Å²) in [7, 11) is 0. The molecule has 1 saturated heterocycles. The summed E-state index contributed by atoms with van der Waals surface area (Å²) in [4.78, 5) is 42.0. The number of aliphatic hydroxyl groups excluding tert-OH is 10. The largest absolute Gasteiger partial charge is 0.394 e. The summed E-state index contributed by atoms with van der Waals surface area (Å²) >= 11 is 3.39. The van der Waals surface area contributed by atoms with Crippen LogP contribution in [0.25, 0.3) is 22.2 Å². The number of aliphatic hydroxyl groups is 10. The van der Waals surface area contributed by atoms with Crippen LogP contribution in [0.1, 0.15) is 53.4 Å². The van der Waals surface area contributed by atoms with Crippen molar-refractivity contribution in [3.63, 3.8) is 0 Å². The summed E-state index contributed by atoms with van der Waals surface area (Å²) < 4.78 is 4.68. The van der Waals surface area contributed by atoms with E-state index in [2.05, 4.69) is 36.2 Å². The average molecular weight is 898 g/mol. The lowest BCUT2D eigenvalue weighted by Gasteiger charge is -2.41. The number of aryl methyl sites for hydroxylation is 2. The first kappa shape index (κ1) is 46.2. The number of imidazole rings is 1. The van der Waals surface area contributed by atoms with E-state index in [-0.39, 0.29) is 37.1 Å². The zero-order valence-corrected chi connectivity index (χ0v) is 34.3. The van der Waals surface area contributed by atoms with Gasteiger partial charge in [-0.25, -0.2) is 19.1 Å². The van der Waals surface area contributed by atoms with Gasteiger partial charge in [0.1, 0.15) is 48.7 Å². The number of aromatic amines is 1. The van der Waals surface area contributed by atoms with Gasteiger partial charge in [-0.1, -0.05) is 0 Å². The number of aromatic nitrogens is 5. The van der Waals surface area contributed by atoms with Crippen molar-refractivity contribution in [2.24, 2.45) is 0 Å². The highest BCUT2D eigenvalue weighted by atomic mass is 79.9. The monoisotopic (exact) mass is 896 g/mol. The number of piperidine rings is 1. The minimum Gasteiger partial charge on any atom is -0.394 e. The Bertz CT molecular complexity index is 2030. The fourth-order valence-corrected chi connectivity index (χ4v) is 7.95. The van der Waals surface area contributed by atoms with E-state index >= 15 is 0 Å². The van der Waals surface area contributed by atoms with Crippen molar-refractivity contribution in [1.82, 2.24) is 34.6 Å². The van der Waals surface area contributed by atoms with Crippen LogP contribution in [0, 0.1) is 0 Å². The number of fused-ring (bicyclic) bond motifs is 2. The topological polar surface area (TPSA) is 331 Å². The highest BCUT2D eigenvalue weighted by molar-refractivity contribution is 9.10. The molecule has 0 bridgehead atoms. The van der Waals surface area contributed by atoms with Gasteiger partial charge in [-0.2, -0.15) is 0 Å². The highest BCUT2D eigenvalue weighted by Gasteiger charge is 2.38. The number of nitrogen functional groups attached to an aromatic ring is 1. The molecule has 3 aromatic heterocycles. The quantitative estimate of drug-likeness (QED) is 0.0403. The summed E-state index contributed by atoms with van der Waals surface area (Å²) in [5.74, 6) is -0.0187. The second kappa shape index (κ2) is 20.1. The molecule has 14 N–H and O–H groups in total. The molecule has 1 aliphatic rings. The van der Waals surface area contributed by atoms with Gasteiger partial charge in [0.05, 0.1) is 43.0 Å². The lowest BCUT2D eigenvalue weighted by molar-refractivity contribution is -0.676. The van der Waals surface area contributed by atoms with Gasteiger partial charge in [0.25, 0.3) is 17.6 Å². The third-order valence-electron chi connectivity index (χ3n) is 10.9. The van der Waals surface area contributed by atoms with Gasteiger partial charge in [0.15, 0.2) is 28.2 Å². The normalized spacial score (nSPS) is 18.2. The van der Waals surface area contributed by atoms with Crippen LogP contribution in [-0.2, 0) is 19.6 Å². The van der Waals surface area contributed by atoms with Crippen LogP contribution in [-0.4, -0.2) is 186 Å². The van der Waals surface area contributed by atoms with Crippen molar-refractivity contribution in [2.45, 2.75) is 101 Å². The third-order valence-corrected chi connectivity index (χ3v) is 11.5. The molecule has 5 rings (SSSR count). The number of amides is 2. The van der Waals surface area contributed by atoms with E-state index in [1.165, 1.54) is 4.90 Å². The summed E-state index contributed by atoms with van der Waals surface area (Å²) in [6.07, 6.45) is -12.3. The third kappa shape index (κ3) is 10.0. The van der Waals surface area contributed by atoms with E-state index in [1.807, 2.05) is 29.0 Å². The number of nitrogens with two attached hydrogens (primary N) is 1. The Morgan fingerprint density at radius 3 is 2.05 bits per heavy atom. The zero-order valence-electron chi connectivity index (χ0n) is 32.7. The number of benzene rings is 1. The predicted molar refractivity (Wildman–Crippen MR) is 213 cm³/mol. The molecule has 2 amide bonds. The first-order valence-electron chi connectivity index (χ1n) is 19.4. The summed E-state index contributed by atoms with van der Waals surface area (Å²) in [5, 5.41) is 104. The number of likely N-dealkylation sites (tertiary alicyclic amines) is 1. The molecule has 1 aliphatic heterocycles. The van der Waals surface area contributed by atoms with Crippen molar-refractivity contribution in [2.75, 3.05) is 45.1 Å². The molecule has 0 radical (unpaired) electrons. The molecule has 0 saturated carbocycles. The molecule has 1 aromatic carbocycles. The van der Waals surface area contributed by atoms with E-state index in [9.17, 15) is 60.7 Å². The van der Waals surface area contributed by atoms with Gasteiger partial charge in [-0.15, -0.1) is 0 Å². The van der Waals surface area contributed by atoms with Gasteiger partial charge in [-0.05, 0) is 54.8 Å². The molecule has 326 valence electrons. The van der Waals surface area contributed by atoms with E-state index in [0.717, 1.165) is 16.9 Å². The fourth-order valence-electron chi connectivity index (χ4n) is 7.56. The molecule has 22 heteroatoms. The molecule has 0 aliphatic carbocycles. The number of nitrogens with one attached hydrogen (secondary N) is 2. The minimum absolute atomic E-state index is 0.0179. The van der Waals surface area contributed by atoms with Crippen molar-refractivity contribution >= 4 is 55.8 Å². The second-order valence-electron chi connectivity index (χ2n) is 14.7. The van der Waals surface area contributed by atoms with Gasteiger partial charge in [-0.3, -0.25) is 14.5 Å². The molecular formula is C37H55BrN9O12+. The lowest BCUT2D eigenvalue weighted by atomic mass is 9.97. The Morgan fingerprint density at radius 1 is 0.932 bits per heavy atom. The smallest absolute Gasteiger partial charge is 0.277 e. The molecule has 1 fully saturated rings. The minimum atomic E-state index is -1.92. The molecule has 8 unspecified atom stereocenters. The van der Waals surface area contributed by atoms with Crippen LogP contribution in [0.2, 0.25) is 0 Å². The molecule has 8 atom stereocenters. The SMILES string of the molecule is CCn1c(CNC(=O)c2nc3c(Br)c[nH]c3nc2N)[n+](CC)c2ccc(C(=O)N3CCC(N(CC(O)C(O)C(O)C(O)CO)CC(O)C(O)C(O)C(O)CO)CC3)cc21. The molecule has 0 spiro atoms. The van der Waals surface area contributed by atoms with Crippen LogP contribution in [0.5, 0.6) is 0 Å². The van der Waals surface area contributed by atoms with Gasteiger partial charge in [0, 0.05) is 50.0 Å². The van der Waals surface area contributed by atoms with Crippen LogP contribution in [0.4, 0.5) is 5.82 Å². The molecule has 4 heterocycles. The lowest BCUT2D eigenvalue weighted by Crippen LogP contribution is -2.56. The molecule has 21 nitrogen and oxygen atoms in total. The number of nitrogens with zero attached hydrogens (tertiary/aromatic N) is 6. The van der Waals surface area contributed by atoms with Crippen LogP contribution in [0.15, 0.2) is 28.9 Å². The Kier molecular flexibility index (Phi) is 15.7. The van der Waals surface area contributed by atoms with E-state index < -0.39 is 87.1 Å². The maximum absolute atomic E-state index is 14.0. The van der Waals surface area contributed by atoms with Gasteiger partial charge < -0.3 is 72.0 Å². The number of H-pyrrole nitrogens is 1. The Balaban J connectivity index is 1.31. The number of carbonyl (C=O) groups is 2. The molecule has 59 heavy (non-hydrogen) atoms. The number of rotatable bonds is 19. The number of anilines is 1. The van der Waals surface area contributed by atoms with Crippen molar-refractivity contribution in [1.29, 1.82) is 0 Å². The maximum atomic E-state index is 14.0. The first-order valence-corrected chi connectivity index (χ1v) is 20.2. The second-order valence-corrected chi connectivity index (χ2v) is 15.5.